The predicted molar refractivity (Wildman–Crippen MR) is 56.5 cm³/mol. The van der Waals surface area contributed by atoms with E-state index in [0.717, 1.165) is 12.5 Å². The van der Waals surface area contributed by atoms with Gasteiger partial charge in [0, 0.05) is 11.1 Å². The minimum atomic E-state index is -2.03. The van der Waals surface area contributed by atoms with E-state index in [2.05, 4.69) is 0 Å². The van der Waals surface area contributed by atoms with E-state index in [1.807, 2.05) is 0 Å². The lowest BCUT2D eigenvalue weighted by atomic mass is 9.77. The van der Waals surface area contributed by atoms with Crippen LogP contribution in [0.1, 0.15) is 33.2 Å². The van der Waals surface area contributed by atoms with Gasteiger partial charge in [-0.2, -0.15) is 0 Å². The summed E-state index contributed by atoms with van der Waals surface area (Å²) in [6.45, 7) is 2.94. The van der Waals surface area contributed by atoms with E-state index >= 15 is 0 Å². The molecule has 84 valence electrons. The zero-order chi connectivity index (χ0) is 12.1. The number of benzene rings is 1. The quantitative estimate of drug-likeness (QED) is 0.667. The molecule has 16 heavy (non-hydrogen) atoms. The lowest BCUT2D eigenvalue weighted by molar-refractivity contribution is -0.0306. The van der Waals surface area contributed by atoms with Gasteiger partial charge in [0.15, 0.2) is 23.3 Å². The standard InChI is InChI=1S/C12H12O4/c1-6-3-4-7-8(5-6)9(13)11(15)12(2,16)10(7)14/h3-5,11,15-16H,1-2H3/t11-,12+/m0/s1. The Morgan fingerprint density at radius 3 is 2.50 bits per heavy atom. The van der Waals surface area contributed by atoms with E-state index in [-0.39, 0.29) is 11.1 Å². The Morgan fingerprint density at radius 2 is 1.88 bits per heavy atom. The first-order valence-electron chi connectivity index (χ1n) is 4.96. The number of fused-ring (bicyclic) bond motifs is 1. The average molecular weight is 220 g/mol. The van der Waals surface area contributed by atoms with Crippen LogP contribution in [-0.2, 0) is 0 Å². The van der Waals surface area contributed by atoms with Crippen molar-refractivity contribution in [3.05, 3.63) is 34.9 Å². The summed E-state index contributed by atoms with van der Waals surface area (Å²) in [7, 11) is 0. The number of carbonyl (C=O) groups is 2. The second-order valence-corrected chi connectivity index (χ2v) is 4.29. The summed E-state index contributed by atoms with van der Waals surface area (Å²) >= 11 is 0. The third-order valence-corrected chi connectivity index (χ3v) is 2.93. The lowest BCUT2D eigenvalue weighted by Crippen LogP contribution is -2.54. The van der Waals surface area contributed by atoms with Gasteiger partial charge in [0.05, 0.1) is 0 Å². The van der Waals surface area contributed by atoms with Gasteiger partial charge in [-0.05, 0) is 19.9 Å². The Hall–Kier alpha value is -1.52. The molecule has 2 atom stereocenters. The van der Waals surface area contributed by atoms with Crippen molar-refractivity contribution in [2.24, 2.45) is 0 Å². The molecular weight excluding hydrogens is 208 g/mol. The maximum Gasteiger partial charge on any atom is 0.197 e. The molecule has 0 bridgehead atoms. The van der Waals surface area contributed by atoms with Crippen LogP contribution in [0, 0.1) is 6.92 Å². The van der Waals surface area contributed by atoms with Gasteiger partial charge in [0.2, 0.25) is 0 Å². The molecule has 0 saturated carbocycles. The molecule has 0 heterocycles. The van der Waals surface area contributed by atoms with Crippen molar-refractivity contribution in [1.29, 1.82) is 0 Å². The normalized spacial score (nSPS) is 29.1. The Bertz CT molecular complexity index is 488. The molecule has 1 aliphatic rings. The number of carbonyl (C=O) groups excluding carboxylic acids is 2. The number of aryl methyl sites for hydroxylation is 1. The van der Waals surface area contributed by atoms with Gasteiger partial charge in [-0.1, -0.05) is 17.7 Å². The topological polar surface area (TPSA) is 74.6 Å². The summed E-state index contributed by atoms with van der Waals surface area (Å²) < 4.78 is 0. The van der Waals surface area contributed by atoms with Crippen LogP contribution in [0.3, 0.4) is 0 Å². The van der Waals surface area contributed by atoms with Gasteiger partial charge in [-0.3, -0.25) is 9.59 Å². The predicted octanol–water partition coefficient (Wildman–Crippen LogP) is 0.486. The van der Waals surface area contributed by atoms with Crippen LogP contribution in [0.25, 0.3) is 0 Å². The SMILES string of the molecule is Cc1ccc2c(c1)C(=O)[C@H](O)[C@](C)(O)C2=O. The zero-order valence-corrected chi connectivity index (χ0v) is 9.02. The van der Waals surface area contributed by atoms with Gasteiger partial charge in [0.1, 0.15) is 0 Å². The van der Waals surface area contributed by atoms with Crippen molar-refractivity contribution in [3.8, 4) is 0 Å². The molecule has 0 spiro atoms. The van der Waals surface area contributed by atoms with Gasteiger partial charge in [0.25, 0.3) is 0 Å². The summed E-state index contributed by atoms with van der Waals surface area (Å²) in [5, 5.41) is 19.4. The summed E-state index contributed by atoms with van der Waals surface area (Å²) in [6.07, 6.45) is -1.69. The van der Waals surface area contributed by atoms with Crippen LogP contribution in [0.15, 0.2) is 18.2 Å². The molecule has 0 saturated heterocycles. The highest BCUT2D eigenvalue weighted by Gasteiger charge is 2.48. The Morgan fingerprint density at radius 1 is 1.25 bits per heavy atom. The molecule has 1 aromatic rings. The van der Waals surface area contributed by atoms with Crippen LogP contribution >= 0.6 is 0 Å². The molecule has 0 aromatic heterocycles. The van der Waals surface area contributed by atoms with Crippen LogP contribution in [0.2, 0.25) is 0 Å². The fourth-order valence-electron chi connectivity index (χ4n) is 1.86. The average Bonchev–Trinajstić information content (AvgIpc) is 2.24. The minimum absolute atomic E-state index is 0.172. The molecule has 1 aromatic carbocycles. The second-order valence-electron chi connectivity index (χ2n) is 4.29. The van der Waals surface area contributed by atoms with Gasteiger partial charge >= 0.3 is 0 Å². The van der Waals surface area contributed by atoms with E-state index in [4.69, 9.17) is 0 Å². The van der Waals surface area contributed by atoms with Crippen molar-refractivity contribution in [2.75, 3.05) is 0 Å². The van der Waals surface area contributed by atoms with Gasteiger partial charge in [-0.15, -0.1) is 0 Å². The molecular formula is C12H12O4. The Kier molecular flexibility index (Phi) is 2.22. The largest absolute Gasteiger partial charge is 0.381 e. The number of ketones is 2. The van der Waals surface area contributed by atoms with Crippen molar-refractivity contribution < 1.29 is 19.8 Å². The van der Waals surface area contributed by atoms with E-state index in [9.17, 15) is 19.8 Å². The molecule has 4 nitrogen and oxygen atoms in total. The lowest BCUT2D eigenvalue weighted by Gasteiger charge is -2.32. The summed E-state index contributed by atoms with van der Waals surface area (Å²) in [4.78, 5) is 23.6. The molecule has 0 fully saturated rings. The van der Waals surface area contributed by atoms with E-state index in [1.165, 1.54) is 6.07 Å². The first-order chi connectivity index (χ1) is 7.35. The summed E-state index contributed by atoms with van der Waals surface area (Å²) in [6, 6.07) is 4.75. The summed E-state index contributed by atoms with van der Waals surface area (Å²) in [5.74, 6) is -1.22. The maximum absolute atomic E-state index is 11.8. The molecule has 2 N–H and O–H groups in total. The fourth-order valence-corrected chi connectivity index (χ4v) is 1.86. The molecule has 0 radical (unpaired) electrons. The molecule has 4 heteroatoms. The Balaban J connectivity index is 2.69. The highest BCUT2D eigenvalue weighted by atomic mass is 16.4. The van der Waals surface area contributed by atoms with Crippen LogP contribution in [0.5, 0.6) is 0 Å². The molecule has 1 aliphatic carbocycles. The van der Waals surface area contributed by atoms with Crippen molar-refractivity contribution in [3.63, 3.8) is 0 Å². The van der Waals surface area contributed by atoms with Crippen LogP contribution in [-0.4, -0.2) is 33.5 Å². The number of hydrogen-bond acceptors (Lipinski definition) is 4. The number of aliphatic hydroxyl groups is 2. The van der Waals surface area contributed by atoms with E-state index in [1.54, 1.807) is 19.1 Å². The zero-order valence-electron chi connectivity index (χ0n) is 9.02. The molecule has 0 aliphatic heterocycles. The van der Waals surface area contributed by atoms with Gasteiger partial charge < -0.3 is 10.2 Å². The minimum Gasteiger partial charge on any atom is -0.381 e. The Labute approximate surface area is 92.5 Å². The summed E-state index contributed by atoms with van der Waals surface area (Å²) in [5.41, 5.74) is -0.845. The smallest absolute Gasteiger partial charge is 0.197 e. The van der Waals surface area contributed by atoms with Crippen LogP contribution in [0.4, 0.5) is 0 Å². The third-order valence-electron chi connectivity index (χ3n) is 2.93. The first-order valence-corrected chi connectivity index (χ1v) is 4.96. The first kappa shape index (κ1) is 11.0. The van der Waals surface area contributed by atoms with Gasteiger partial charge in [-0.25, -0.2) is 0 Å². The van der Waals surface area contributed by atoms with E-state index < -0.39 is 23.3 Å². The van der Waals surface area contributed by atoms with Crippen molar-refractivity contribution >= 4 is 11.6 Å². The third kappa shape index (κ3) is 1.31. The van der Waals surface area contributed by atoms with Crippen molar-refractivity contribution in [1.82, 2.24) is 0 Å². The number of hydrogen-bond donors (Lipinski definition) is 2. The fraction of sp³-hybridized carbons (Fsp3) is 0.333. The van der Waals surface area contributed by atoms with E-state index in [0.29, 0.717) is 0 Å². The van der Waals surface area contributed by atoms with Crippen LogP contribution < -0.4 is 0 Å². The molecule has 0 amide bonds. The van der Waals surface area contributed by atoms with Crippen molar-refractivity contribution in [2.45, 2.75) is 25.6 Å². The second kappa shape index (κ2) is 3.23. The number of rotatable bonds is 0. The number of aliphatic hydroxyl groups excluding tert-OH is 1. The number of Topliss-reactive ketones (excluding diaryl/α,β-unsaturated/α-hetero) is 2. The highest BCUT2D eigenvalue weighted by Crippen LogP contribution is 2.29. The highest BCUT2D eigenvalue weighted by molar-refractivity contribution is 6.19. The molecule has 2 rings (SSSR count). The molecule has 0 unspecified atom stereocenters. The monoisotopic (exact) mass is 220 g/mol. The maximum atomic E-state index is 11.8.